The summed E-state index contributed by atoms with van der Waals surface area (Å²) in [7, 11) is 1.60. The van der Waals surface area contributed by atoms with Gasteiger partial charge < -0.3 is 20.3 Å². The second-order valence-corrected chi connectivity index (χ2v) is 8.86. The molecular weight excluding hydrogens is 426 g/mol. The van der Waals surface area contributed by atoms with E-state index in [9.17, 15) is 9.59 Å². The molecule has 0 spiro atoms. The maximum Gasteiger partial charge on any atom is 0.253 e. The van der Waals surface area contributed by atoms with Crippen LogP contribution in [0.4, 0.5) is 11.4 Å². The number of alkyl halides is 1. The predicted octanol–water partition coefficient (Wildman–Crippen LogP) is 4.09. The number of nitrogens with zero attached hydrogens (tertiary/aromatic N) is 1. The highest BCUT2D eigenvalue weighted by Crippen LogP contribution is 2.30. The molecule has 1 saturated heterocycles. The minimum absolute atomic E-state index is 0.182. The van der Waals surface area contributed by atoms with Crippen molar-refractivity contribution in [3.05, 3.63) is 59.7 Å². The quantitative estimate of drug-likeness (QED) is 0.439. The minimum atomic E-state index is -0.655. The molecule has 2 aromatic rings. The molecule has 7 heteroatoms. The average Bonchev–Trinajstić information content (AvgIpc) is 2.80. The van der Waals surface area contributed by atoms with Crippen LogP contribution in [0.25, 0.3) is 0 Å². The van der Waals surface area contributed by atoms with Crippen LogP contribution in [0, 0.1) is 5.92 Å². The van der Waals surface area contributed by atoms with E-state index in [1.807, 2.05) is 18.2 Å². The van der Waals surface area contributed by atoms with E-state index in [0.29, 0.717) is 30.3 Å². The van der Waals surface area contributed by atoms with Crippen LogP contribution in [0.15, 0.2) is 48.5 Å². The third-order valence-electron chi connectivity index (χ3n) is 5.78. The van der Waals surface area contributed by atoms with Crippen LogP contribution in [-0.4, -0.2) is 50.5 Å². The Morgan fingerprint density at radius 2 is 1.88 bits per heavy atom. The first kappa shape index (κ1) is 24.1. The molecule has 1 unspecified atom stereocenters. The number of methoxy groups -OCH3 is 1. The van der Waals surface area contributed by atoms with Crippen molar-refractivity contribution in [2.75, 3.05) is 43.6 Å². The number of anilines is 2. The summed E-state index contributed by atoms with van der Waals surface area (Å²) < 4.78 is 5.04. The summed E-state index contributed by atoms with van der Waals surface area (Å²) in [6.07, 6.45) is 3.23. The van der Waals surface area contributed by atoms with E-state index in [-0.39, 0.29) is 11.8 Å². The molecule has 0 bridgehead atoms. The highest BCUT2D eigenvalue weighted by atomic mass is 35.5. The first-order valence-electron chi connectivity index (χ1n) is 11.1. The molecule has 1 heterocycles. The minimum Gasteiger partial charge on any atom is -0.383 e. The van der Waals surface area contributed by atoms with Crippen LogP contribution in [0.5, 0.6) is 0 Å². The van der Waals surface area contributed by atoms with Gasteiger partial charge in [-0.2, -0.15) is 0 Å². The van der Waals surface area contributed by atoms with E-state index in [4.69, 9.17) is 16.3 Å². The molecule has 0 aliphatic carbocycles. The molecule has 172 valence electrons. The van der Waals surface area contributed by atoms with Crippen molar-refractivity contribution < 1.29 is 14.3 Å². The Balaban J connectivity index is 1.72. The first-order chi connectivity index (χ1) is 15.5. The second kappa shape index (κ2) is 11.9. The lowest BCUT2D eigenvalue weighted by Gasteiger charge is -2.35. The highest BCUT2D eigenvalue weighted by Gasteiger charge is 2.24. The van der Waals surface area contributed by atoms with Crippen LogP contribution in [0.2, 0.25) is 0 Å². The molecule has 0 radical (unpaired) electrons. The number of rotatable bonds is 9. The van der Waals surface area contributed by atoms with Gasteiger partial charge in [0, 0.05) is 38.1 Å². The van der Waals surface area contributed by atoms with Gasteiger partial charge in [0.05, 0.1) is 12.2 Å². The number of piperidine rings is 1. The number of carbonyl (C=O) groups excluding carboxylic acids is 2. The molecule has 3 rings (SSSR count). The molecule has 2 aromatic carbocycles. The van der Waals surface area contributed by atoms with Gasteiger partial charge in [0.2, 0.25) is 5.91 Å². The van der Waals surface area contributed by atoms with Crippen LogP contribution in [0.3, 0.4) is 0 Å². The number of halogens is 1. The molecule has 2 N–H and O–H groups in total. The van der Waals surface area contributed by atoms with Crippen LogP contribution in [0.1, 0.15) is 35.7 Å². The Labute approximate surface area is 195 Å². The van der Waals surface area contributed by atoms with Crippen molar-refractivity contribution >= 4 is 34.8 Å². The third kappa shape index (κ3) is 6.71. The SMILES string of the molecule is COCCNC(=O)c1cc(NC(=O)C(C)Cl)ccc1N1CCC(Cc2ccccc2)CC1. The standard InChI is InChI=1S/C25H32ClN3O3/c1-18(26)24(30)28-21-8-9-23(22(17-21)25(31)27-12-15-32-2)29-13-10-20(11-14-29)16-19-6-4-3-5-7-19/h3-9,17-18,20H,10-16H2,1-2H3,(H,27,31)(H,28,30). The van der Waals surface area contributed by atoms with Gasteiger partial charge in [-0.1, -0.05) is 30.3 Å². The Kier molecular flexibility index (Phi) is 8.94. The van der Waals surface area contributed by atoms with E-state index < -0.39 is 5.38 Å². The molecular formula is C25H32ClN3O3. The monoisotopic (exact) mass is 457 g/mol. The Bertz CT molecular complexity index is 897. The summed E-state index contributed by atoms with van der Waals surface area (Å²) in [6, 6.07) is 16.1. The van der Waals surface area contributed by atoms with E-state index in [0.717, 1.165) is 38.0 Å². The van der Waals surface area contributed by atoms with Crippen LogP contribution < -0.4 is 15.5 Å². The van der Waals surface area contributed by atoms with Gasteiger partial charge >= 0.3 is 0 Å². The fraction of sp³-hybridized carbons (Fsp3) is 0.440. The topological polar surface area (TPSA) is 70.7 Å². The van der Waals surface area contributed by atoms with E-state index in [1.54, 1.807) is 20.1 Å². The molecule has 1 aliphatic heterocycles. The van der Waals surface area contributed by atoms with Gasteiger partial charge in [0.25, 0.3) is 5.91 Å². The summed E-state index contributed by atoms with van der Waals surface area (Å²) in [6.45, 7) is 4.25. The maximum absolute atomic E-state index is 12.9. The largest absolute Gasteiger partial charge is 0.383 e. The van der Waals surface area contributed by atoms with Gasteiger partial charge in [-0.15, -0.1) is 11.6 Å². The smallest absolute Gasteiger partial charge is 0.253 e. The lowest BCUT2D eigenvalue weighted by atomic mass is 9.89. The van der Waals surface area contributed by atoms with Crippen molar-refractivity contribution in [3.8, 4) is 0 Å². The number of carbonyl (C=O) groups is 2. The normalized spacial score (nSPS) is 15.3. The van der Waals surface area contributed by atoms with E-state index >= 15 is 0 Å². The molecule has 0 saturated carbocycles. The molecule has 32 heavy (non-hydrogen) atoms. The number of amides is 2. The maximum atomic E-state index is 12.9. The molecule has 1 atom stereocenters. The van der Waals surface area contributed by atoms with Crippen LogP contribution in [-0.2, 0) is 16.0 Å². The Hall–Kier alpha value is -2.57. The van der Waals surface area contributed by atoms with Gasteiger partial charge in [-0.05, 0) is 55.9 Å². The lowest BCUT2D eigenvalue weighted by Crippen LogP contribution is -2.36. The summed E-state index contributed by atoms with van der Waals surface area (Å²) in [5.74, 6) is 0.154. The fourth-order valence-corrected chi connectivity index (χ4v) is 4.05. The van der Waals surface area contributed by atoms with Gasteiger partial charge in [-0.25, -0.2) is 0 Å². The fourth-order valence-electron chi connectivity index (χ4n) is 4.00. The molecule has 6 nitrogen and oxygen atoms in total. The number of ether oxygens (including phenoxy) is 1. The molecule has 1 aliphatic rings. The summed E-state index contributed by atoms with van der Waals surface area (Å²) in [5.41, 5.74) is 3.36. The molecule has 1 fully saturated rings. The number of hydrogen-bond donors (Lipinski definition) is 2. The molecule has 0 aromatic heterocycles. The Morgan fingerprint density at radius 1 is 1.16 bits per heavy atom. The van der Waals surface area contributed by atoms with Gasteiger partial charge in [-0.3, -0.25) is 9.59 Å². The summed E-state index contributed by atoms with van der Waals surface area (Å²) in [5, 5.41) is 5.01. The second-order valence-electron chi connectivity index (χ2n) is 8.21. The highest BCUT2D eigenvalue weighted by molar-refractivity contribution is 6.32. The van der Waals surface area contributed by atoms with Crippen LogP contribution >= 0.6 is 11.6 Å². The van der Waals surface area contributed by atoms with Gasteiger partial charge in [0.1, 0.15) is 5.38 Å². The van der Waals surface area contributed by atoms with Crippen molar-refractivity contribution in [1.29, 1.82) is 0 Å². The zero-order chi connectivity index (χ0) is 22.9. The number of hydrogen-bond acceptors (Lipinski definition) is 4. The zero-order valence-corrected chi connectivity index (χ0v) is 19.5. The number of benzene rings is 2. The number of nitrogens with one attached hydrogen (secondary N) is 2. The van der Waals surface area contributed by atoms with Crippen molar-refractivity contribution in [3.63, 3.8) is 0 Å². The van der Waals surface area contributed by atoms with E-state index in [2.05, 4.69) is 39.8 Å². The lowest BCUT2D eigenvalue weighted by molar-refractivity contribution is -0.115. The van der Waals surface area contributed by atoms with E-state index in [1.165, 1.54) is 5.56 Å². The first-order valence-corrected chi connectivity index (χ1v) is 11.6. The predicted molar refractivity (Wildman–Crippen MR) is 130 cm³/mol. The zero-order valence-electron chi connectivity index (χ0n) is 18.8. The Morgan fingerprint density at radius 3 is 2.53 bits per heavy atom. The van der Waals surface area contributed by atoms with Gasteiger partial charge in [0.15, 0.2) is 0 Å². The summed E-state index contributed by atoms with van der Waals surface area (Å²) in [4.78, 5) is 27.2. The third-order valence-corrected chi connectivity index (χ3v) is 5.98. The average molecular weight is 458 g/mol. The molecule has 2 amide bonds. The van der Waals surface area contributed by atoms with Crippen molar-refractivity contribution in [2.45, 2.75) is 31.6 Å². The van der Waals surface area contributed by atoms with Crippen molar-refractivity contribution in [2.24, 2.45) is 5.92 Å². The van der Waals surface area contributed by atoms with Crippen molar-refractivity contribution in [1.82, 2.24) is 5.32 Å². The summed E-state index contributed by atoms with van der Waals surface area (Å²) >= 11 is 5.88.